The zero-order valence-electron chi connectivity index (χ0n) is 14.9. The molecule has 4 nitrogen and oxygen atoms in total. The van der Waals surface area contributed by atoms with E-state index in [4.69, 9.17) is 4.74 Å². The van der Waals surface area contributed by atoms with Gasteiger partial charge < -0.3 is 14.7 Å². The number of ether oxygens (including phenoxy) is 1. The number of nitrogens with zero attached hydrogens (tertiary/aromatic N) is 1. The minimum absolute atomic E-state index is 0.131. The van der Waals surface area contributed by atoms with E-state index in [0.717, 1.165) is 18.4 Å². The van der Waals surface area contributed by atoms with E-state index in [-0.39, 0.29) is 11.4 Å². The first kappa shape index (κ1) is 16.7. The molecular formula is C19H29NO3. The number of likely N-dealkylation sites (tertiary alicyclic amines) is 1. The normalized spacial score (nSPS) is 39.8. The van der Waals surface area contributed by atoms with Gasteiger partial charge in [-0.1, -0.05) is 32.9 Å². The van der Waals surface area contributed by atoms with Gasteiger partial charge in [-0.2, -0.15) is 0 Å². The van der Waals surface area contributed by atoms with Gasteiger partial charge >= 0.3 is 0 Å². The highest BCUT2D eigenvalue weighted by atomic mass is 16.6. The number of rotatable bonds is 4. The summed E-state index contributed by atoms with van der Waals surface area (Å²) in [6.45, 7) is 10.8. The first-order chi connectivity index (χ1) is 10.9. The van der Waals surface area contributed by atoms with Crippen LogP contribution < -0.4 is 0 Å². The fourth-order valence-corrected chi connectivity index (χ4v) is 4.96. The molecule has 128 valence electrons. The van der Waals surface area contributed by atoms with Crippen LogP contribution in [0.1, 0.15) is 47.5 Å². The Kier molecular flexibility index (Phi) is 4.18. The maximum absolute atomic E-state index is 12.4. The van der Waals surface area contributed by atoms with Crippen LogP contribution in [0.2, 0.25) is 0 Å². The maximum atomic E-state index is 12.4. The summed E-state index contributed by atoms with van der Waals surface area (Å²) in [4.78, 5) is 14.6. The zero-order chi connectivity index (χ0) is 16.9. The molecule has 3 aliphatic rings. The molecule has 23 heavy (non-hydrogen) atoms. The third-order valence-electron chi connectivity index (χ3n) is 6.21. The van der Waals surface area contributed by atoms with Crippen molar-refractivity contribution in [2.75, 3.05) is 6.61 Å². The van der Waals surface area contributed by atoms with E-state index < -0.39 is 6.29 Å². The average molecular weight is 319 g/mol. The molecule has 2 fully saturated rings. The number of aliphatic hydroxyl groups excluding tert-OH is 1. The summed E-state index contributed by atoms with van der Waals surface area (Å²) in [6.07, 6.45) is 5.34. The van der Waals surface area contributed by atoms with E-state index in [9.17, 15) is 9.90 Å². The summed E-state index contributed by atoms with van der Waals surface area (Å²) in [5.41, 5.74) is 2.04. The average Bonchev–Trinajstić information content (AvgIpc) is 3.23. The van der Waals surface area contributed by atoms with E-state index >= 15 is 0 Å². The number of aliphatic hydroxyl groups is 1. The van der Waals surface area contributed by atoms with E-state index in [1.807, 2.05) is 6.92 Å². The minimum Gasteiger partial charge on any atom is -0.364 e. The summed E-state index contributed by atoms with van der Waals surface area (Å²) in [5.74, 6) is 1.33. The predicted octanol–water partition coefficient (Wildman–Crippen LogP) is 2.88. The molecule has 6 atom stereocenters. The lowest BCUT2D eigenvalue weighted by molar-refractivity contribution is -0.138. The van der Waals surface area contributed by atoms with Gasteiger partial charge in [0.25, 0.3) is 0 Å². The number of piperidine rings is 1. The highest BCUT2D eigenvalue weighted by molar-refractivity contribution is 5.77. The zero-order valence-corrected chi connectivity index (χ0v) is 14.9. The van der Waals surface area contributed by atoms with Crippen LogP contribution >= 0.6 is 0 Å². The van der Waals surface area contributed by atoms with Crippen LogP contribution in [0, 0.1) is 17.8 Å². The van der Waals surface area contributed by atoms with Crippen molar-refractivity contribution in [3.63, 3.8) is 0 Å². The van der Waals surface area contributed by atoms with Crippen LogP contribution in [0.15, 0.2) is 23.3 Å². The topological polar surface area (TPSA) is 49.8 Å². The number of hydrogen-bond donors (Lipinski definition) is 1. The van der Waals surface area contributed by atoms with Crippen LogP contribution in [-0.4, -0.2) is 40.4 Å². The summed E-state index contributed by atoms with van der Waals surface area (Å²) < 4.78 is 5.37. The molecule has 1 saturated heterocycles. The lowest BCUT2D eigenvalue weighted by Gasteiger charge is -2.52. The molecule has 0 radical (unpaired) electrons. The van der Waals surface area contributed by atoms with Gasteiger partial charge in [-0.05, 0) is 37.2 Å². The fraction of sp³-hybridized carbons (Fsp3) is 0.737. The second-order valence-corrected chi connectivity index (χ2v) is 7.32. The highest BCUT2D eigenvalue weighted by Crippen LogP contribution is 2.63. The highest BCUT2D eigenvalue weighted by Gasteiger charge is 2.66. The molecule has 1 spiro atoms. The molecule has 1 amide bonds. The van der Waals surface area contributed by atoms with Gasteiger partial charge in [0, 0.05) is 31.1 Å². The molecule has 2 aliphatic carbocycles. The second kappa shape index (κ2) is 5.75. The second-order valence-electron chi connectivity index (χ2n) is 7.32. The summed E-state index contributed by atoms with van der Waals surface area (Å²) in [7, 11) is 0. The van der Waals surface area contributed by atoms with Gasteiger partial charge in [-0.3, -0.25) is 4.79 Å². The Morgan fingerprint density at radius 2 is 2.17 bits per heavy atom. The Morgan fingerprint density at radius 1 is 1.48 bits per heavy atom. The van der Waals surface area contributed by atoms with Crippen LogP contribution in [0.5, 0.6) is 0 Å². The Bertz CT molecular complexity index is 567. The molecule has 5 unspecified atom stereocenters. The molecule has 0 aromatic rings. The first-order valence-corrected chi connectivity index (χ1v) is 8.91. The van der Waals surface area contributed by atoms with Crippen LogP contribution in [-0.2, 0) is 9.53 Å². The fourth-order valence-electron chi connectivity index (χ4n) is 4.96. The van der Waals surface area contributed by atoms with Crippen molar-refractivity contribution in [3.05, 3.63) is 23.3 Å². The van der Waals surface area contributed by atoms with Gasteiger partial charge in [-0.25, -0.2) is 0 Å². The molecule has 0 bridgehead atoms. The van der Waals surface area contributed by atoms with E-state index in [2.05, 4.69) is 37.8 Å². The Labute approximate surface area is 139 Å². The van der Waals surface area contributed by atoms with Gasteiger partial charge in [0.15, 0.2) is 6.29 Å². The number of carbonyl (C=O) groups is 1. The van der Waals surface area contributed by atoms with Gasteiger partial charge in [0.1, 0.15) is 0 Å². The summed E-state index contributed by atoms with van der Waals surface area (Å²) in [6, 6.07) is 0.302. The molecule has 1 N–H and O–H groups in total. The lowest BCUT2D eigenvalue weighted by Crippen LogP contribution is -2.59. The number of amides is 1. The van der Waals surface area contributed by atoms with E-state index in [0.29, 0.717) is 30.4 Å². The van der Waals surface area contributed by atoms with Gasteiger partial charge in [0.2, 0.25) is 5.91 Å². The molecule has 1 aliphatic heterocycles. The number of carbonyl (C=O) groups excluding carboxylic acids is 1. The lowest BCUT2D eigenvalue weighted by atomic mass is 9.70. The Balaban J connectivity index is 2.01. The largest absolute Gasteiger partial charge is 0.364 e. The monoisotopic (exact) mass is 319 g/mol. The van der Waals surface area contributed by atoms with Gasteiger partial charge in [0.05, 0.1) is 5.54 Å². The maximum Gasteiger partial charge on any atom is 0.220 e. The molecular weight excluding hydrogens is 290 g/mol. The Hall–Kier alpha value is -1.13. The van der Waals surface area contributed by atoms with Crippen LogP contribution in [0.4, 0.5) is 0 Å². The summed E-state index contributed by atoms with van der Waals surface area (Å²) >= 11 is 0. The van der Waals surface area contributed by atoms with Gasteiger partial charge in [-0.15, -0.1) is 0 Å². The van der Waals surface area contributed by atoms with Crippen LogP contribution in [0.25, 0.3) is 0 Å². The quantitative estimate of drug-likeness (QED) is 0.811. The SMILES string of the molecule is CCOC(O)C1=CC2CC23C(=C1)[C@H](C)C(C)C(CC)N3C(C)=O. The molecule has 3 rings (SSSR count). The van der Waals surface area contributed by atoms with Crippen molar-refractivity contribution in [2.45, 2.75) is 65.3 Å². The first-order valence-electron chi connectivity index (χ1n) is 8.91. The van der Waals surface area contributed by atoms with Crippen molar-refractivity contribution >= 4 is 5.91 Å². The van der Waals surface area contributed by atoms with Crippen molar-refractivity contribution in [3.8, 4) is 0 Å². The molecule has 4 heteroatoms. The molecule has 1 heterocycles. The van der Waals surface area contributed by atoms with Crippen LogP contribution in [0.3, 0.4) is 0 Å². The standard InChI is InChI=1S/C19H29NO3/c1-6-17-12(4)11(3)16-9-14(18(22)23-7-2)8-15-10-19(15,16)20(17)13(5)21/h8-9,11-12,15,17-18,22H,6-7,10H2,1-5H3/t11-,12?,15?,17?,18?,19?/m1/s1. The molecule has 0 aromatic carbocycles. The third kappa shape index (κ3) is 2.30. The molecule has 0 aromatic heterocycles. The Morgan fingerprint density at radius 3 is 2.74 bits per heavy atom. The minimum atomic E-state index is -0.858. The summed E-state index contributed by atoms with van der Waals surface area (Å²) in [5, 5.41) is 10.2. The smallest absolute Gasteiger partial charge is 0.220 e. The van der Waals surface area contributed by atoms with Crippen molar-refractivity contribution in [2.24, 2.45) is 17.8 Å². The number of hydrogen-bond acceptors (Lipinski definition) is 3. The van der Waals surface area contributed by atoms with E-state index in [1.54, 1.807) is 6.92 Å². The molecule has 1 saturated carbocycles. The predicted molar refractivity (Wildman–Crippen MR) is 89.6 cm³/mol. The van der Waals surface area contributed by atoms with E-state index in [1.165, 1.54) is 5.57 Å². The van der Waals surface area contributed by atoms with Crippen molar-refractivity contribution in [1.82, 2.24) is 4.90 Å². The van der Waals surface area contributed by atoms with Crippen molar-refractivity contribution in [1.29, 1.82) is 0 Å². The third-order valence-corrected chi connectivity index (χ3v) is 6.21. The van der Waals surface area contributed by atoms with Crippen molar-refractivity contribution < 1.29 is 14.6 Å².